The van der Waals surface area contributed by atoms with Gasteiger partial charge in [0, 0.05) is 87.5 Å². The molecule has 290 valence electrons. The van der Waals surface area contributed by atoms with E-state index in [9.17, 15) is 19.2 Å². The summed E-state index contributed by atoms with van der Waals surface area (Å²) in [6.45, 7) is 5.17. The molecule has 0 saturated carbocycles. The third-order valence-electron chi connectivity index (χ3n) is 10.9. The predicted octanol–water partition coefficient (Wildman–Crippen LogP) is 5.88. The first kappa shape index (κ1) is 38.1. The van der Waals surface area contributed by atoms with Crippen molar-refractivity contribution in [2.75, 3.05) is 44.7 Å². The summed E-state index contributed by atoms with van der Waals surface area (Å²) in [7, 11) is 1.49. The second kappa shape index (κ2) is 16.7. The Hall–Kier alpha value is -5.21. The summed E-state index contributed by atoms with van der Waals surface area (Å²) in [5.74, 6) is -1.31. The number of piperidine rings is 2. The van der Waals surface area contributed by atoms with E-state index in [1.807, 2.05) is 11.8 Å². The fraction of sp³-hybridized carbons (Fsp3) is 0.439. The highest BCUT2D eigenvalue weighted by atomic mass is 19.1. The quantitative estimate of drug-likeness (QED) is 0.201. The van der Waals surface area contributed by atoms with Gasteiger partial charge >= 0.3 is 6.03 Å². The van der Waals surface area contributed by atoms with E-state index in [0.717, 1.165) is 25.7 Å². The number of aryl methyl sites for hydroxylation is 1. The number of hydrogen-bond acceptors (Lipinski definition) is 8. The normalized spacial score (nSPS) is 17.5. The highest BCUT2D eigenvalue weighted by molar-refractivity contribution is 6.07. The van der Waals surface area contributed by atoms with Gasteiger partial charge in [0.15, 0.2) is 0 Å². The first-order chi connectivity index (χ1) is 26.6. The molecule has 3 fully saturated rings. The van der Waals surface area contributed by atoms with Crippen molar-refractivity contribution in [3.63, 3.8) is 0 Å². The SMILES string of the molecule is CCCCn1cc(-c2cc(F)c(CN3CCC(OC4CCN(C(=O)c5ccc(OC)c(N6CCC(=O)NC6=O)c5)CC4)CC3)c(F)c2)c2ccncc2c1=O. The number of amides is 4. The molecule has 12 nitrogen and oxygen atoms in total. The Balaban J connectivity index is 0.925. The summed E-state index contributed by atoms with van der Waals surface area (Å²) in [4.78, 5) is 60.1. The number of nitrogens with zero attached hydrogens (tertiary/aromatic N) is 5. The topological polar surface area (TPSA) is 126 Å². The highest BCUT2D eigenvalue weighted by Gasteiger charge is 2.31. The van der Waals surface area contributed by atoms with Gasteiger partial charge < -0.3 is 18.9 Å². The van der Waals surface area contributed by atoms with Crippen LogP contribution in [0.1, 0.15) is 67.8 Å². The summed E-state index contributed by atoms with van der Waals surface area (Å²) in [5, 5.41) is 3.33. The maximum Gasteiger partial charge on any atom is 0.328 e. The lowest BCUT2D eigenvalue weighted by Crippen LogP contribution is -2.49. The Morgan fingerprint density at radius 3 is 2.31 bits per heavy atom. The molecule has 0 radical (unpaired) electrons. The second-order valence-corrected chi connectivity index (χ2v) is 14.5. The van der Waals surface area contributed by atoms with Crippen LogP contribution in [-0.2, 0) is 22.6 Å². The molecule has 3 saturated heterocycles. The number of imide groups is 1. The van der Waals surface area contributed by atoms with Crippen LogP contribution >= 0.6 is 0 Å². The number of halogens is 2. The first-order valence-corrected chi connectivity index (χ1v) is 19.1. The number of rotatable bonds is 11. The van der Waals surface area contributed by atoms with Crippen molar-refractivity contribution < 1.29 is 32.6 Å². The van der Waals surface area contributed by atoms with Crippen molar-refractivity contribution in [1.82, 2.24) is 24.7 Å². The van der Waals surface area contributed by atoms with Crippen molar-refractivity contribution >= 4 is 34.3 Å². The van der Waals surface area contributed by atoms with Gasteiger partial charge in [-0.3, -0.25) is 34.5 Å². The number of likely N-dealkylation sites (tertiary alicyclic amines) is 2. The molecule has 4 amide bonds. The zero-order valence-electron chi connectivity index (χ0n) is 31.2. The molecule has 0 spiro atoms. The fourth-order valence-corrected chi connectivity index (χ4v) is 7.78. The molecule has 1 N–H and O–H groups in total. The number of carbonyl (C=O) groups excluding carboxylic acids is 3. The van der Waals surface area contributed by atoms with Crippen LogP contribution in [0.15, 0.2) is 59.8 Å². The summed E-state index contributed by atoms with van der Waals surface area (Å²) in [6, 6.07) is 8.84. The number of aromatic nitrogens is 2. The number of ether oxygens (including phenoxy) is 2. The molecule has 4 aromatic rings. The highest BCUT2D eigenvalue weighted by Crippen LogP contribution is 2.33. The molecule has 0 unspecified atom stereocenters. The van der Waals surface area contributed by atoms with Gasteiger partial charge in [-0.1, -0.05) is 13.3 Å². The number of methoxy groups -OCH3 is 1. The van der Waals surface area contributed by atoms with Crippen LogP contribution in [0.25, 0.3) is 21.9 Å². The van der Waals surface area contributed by atoms with E-state index in [1.165, 1.54) is 30.3 Å². The van der Waals surface area contributed by atoms with E-state index < -0.39 is 17.7 Å². The Morgan fingerprint density at radius 1 is 0.927 bits per heavy atom. The summed E-state index contributed by atoms with van der Waals surface area (Å²) < 4.78 is 44.8. The van der Waals surface area contributed by atoms with Crippen LogP contribution in [0.4, 0.5) is 19.3 Å². The van der Waals surface area contributed by atoms with Crippen LogP contribution < -0.4 is 20.5 Å². The first-order valence-electron chi connectivity index (χ1n) is 19.1. The zero-order chi connectivity index (χ0) is 38.6. The maximum atomic E-state index is 15.6. The number of nitrogens with one attached hydrogen (secondary N) is 1. The van der Waals surface area contributed by atoms with Crippen molar-refractivity contribution in [3.8, 4) is 16.9 Å². The number of unbranched alkanes of at least 4 members (excludes halogenated alkanes) is 1. The van der Waals surface area contributed by atoms with Crippen LogP contribution in [0.5, 0.6) is 5.75 Å². The van der Waals surface area contributed by atoms with E-state index in [0.29, 0.717) is 84.5 Å². The second-order valence-electron chi connectivity index (χ2n) is 14.5. The standard InChI is InChI=1S/C41H46F2N6O6/c1-3-4-14-48-25-32(30-7-13-44-23-31(30)40(48)52)27-20-34(42)33(35(43)21-27)24-46-15-8-28(9-16-46)55-29-10-17-47(18-11-29)39(51)26-5-6-37(54-2)36(22-26)49-19-12-38(50)45-41(49)53/h5-7,13,20-23,25,28-29H,3-4,8-12,14-19,24H2,1-2H3,(H,45,50,53). The number of hydrogen-bond donors (Lipinski definition) is 1. The zero-order valence-corrected chi connectivity index (χ0v) is 31.2. The number of carbonyl (C=O) groups is 3. The van der Waals surface area contributed by atoms with Crippen LogP contribution in [0.3, 0.4) is 0 Å². The Labute approximate surface area is 318 Å². The molecular weight excluding hydrogens is 710 g/mol. The molecule has 55 heavy (non-hydrogen) atoms. The van der Waals surface area contributed by atoms with E-state index in [4.69, 9.17) is 9.47 Å². The lowest BCUT2D eigenvalue weighted by molar-refractivity contribution is -0.120. The van der Waals surface area contributed by atoms with Gasteiger partial charge in [-0.25, -0.2) is 13.6 Å². The van der Waals surface area contributed by atoms with Crippen molar-refractivity contribution in [2.45, 2.75) is 77.2 Å². The minimum absolute atomic E-state index is 0.00719. The Morgan fingerprint density at radius 2 is 1.64 bits per heavy atom. The molecule has 5 heterocycles. The number of pyridine rings is 2. The van der Waals surface area contributed by atoms with Gasteiger partial charge in [-0.05, 0) is 79.5 Å². The molecule has 3 aliphatic heterocycles. The monoisotopic (exact) mass is 756 g/mol. The summed E-state index contributed by atoms with van der Waals surface area (Å²) in [6.07, 6.45) is 9.45. The fourth-order valence-electron chi connectivity index (χ4n) is 7.78. The molecule has 14 heteroatoms. The van der Waals surface area contributed by atoms with Gasteiger partial charge in [0.05, 0.1) is 30.4 Å². The van der Waals surface area contributed by atoms with E-state index in [1.54, 1.807) is 46.1 Å². The van der Waals surface area contributed by atoms with Gasteiger partial charge in [0.2, 0.25) is 5.91 Å². The van der Waals surface area contributed by atoms with E-state index in [2.05, 4.69) is 10.3 Å². The molecular formula is C41H46F2N6O6. The van der Waals surface area contributed by atoms with Crippen LogP contribution in [0, 0.1) is 11.6 Å². The van der Waals surface area contributed by atoms with Gasteiger partial charge in [0.25, 0.3) is 11.5 Å². The number of anilines is 1. The summed E-state index contributed by atoms with van der Waals surface area (Å²) in [5.41, 5.74) is 1.66. The molecule has 3 aliphatic rings. The molecule has 2 aromatic heterocycles. The third-order valence-corrected chi connectivity index (χ3v) is 10.9. The molecule has 0 atom stereocenters. The predicted molar refractivity (Wildman–Crippen MR) is 203 cm³/mol. The average molecular weight is 757 g/mol. The largest absolute Gasteiger partial charge is 0.495 e. The van der Waals surface area contributed by atoms with Gasteiger partial charge in [-0.15, -0.1) is 0 Å². The van der Waals surface area contributed by atoms with Crippen molar-refractivity contribution in [3.05, 3.63) is 88.1 Å². The molecule has 7 rings (SSSR count). The number of urea groups is 1. The van der Waals surface area contributed by atoms with Crippen LogP contribution in [0.2, 0.25) is 0 Å². The van der Waals surface area contributed by atoms with Crippen LogP contribution in [-0.4, -0.2) is 89.2 Å². The lowest BCUT2D eigenvalue weighted by atomic mass is 9.99. The maximum absolute atomic E-state index is 15.6. The average Bonchev–Trinajstić information content (AvgIpc) is 3.19. The molecule has 2 aromatic carbocycles. The third kappa shape index (κ3) is 8.25. The van der Waals surface area contributed by atoms with E-state index >= 15 is 8.78 Å². The van der Waals surface area contributed by atoms with Gasteiger partial charge in [0.1, 0.15) is 17.4 Å². The summed E-state index contributed by atoms with van der Waals surface area (Å²) >= 11 is 0. The van der Waals surface area contributed by atoms with Gasteiger partial charge in [-0.2, -0.15) is 0 Å². The Bertz CT molecular complexity index is 2120. The smallest absolute Gasteiger partial charge is 0.328 e. The molecule has 0 aliphatic carbocycles. The lowest BCUT2D eigenvalue weighted by Gasteiger charge is -2.37. The van der Waals surface area contributed by atoms with Crippen molar-refractivity contribution in [1.29, 1.82) is 0 Å². The number of benzene rings is 2. The minimum Gasteiger partial charge on any atom is -0.495 e. The molecule has 0 bridgehead atoms. The van der Waals surface area contributed by atoms with Crippen molar-refractivity contribution in [2.24, 2.45) is 0 Å². The number of fused-ring (bicyclic) bond motifs is 1. The Kier molecular flexibility index (Phi) is 11.5. The minimum atomic E-state index is -0.623. The van der Waals surface area contributed by atoms with E-state index in [-0.39, 0.29) is 54.7 Å².